The van der Waals surface area contributed by atoms with Crippen LogP contribution in [0, 0.1) is 17.7 Å². The number of piperidine rings is 1. The van der Waals surface area contributed by atoms with E-state index in [0.717, 1.165) is 48.9 Å². The van der Waals surface area contributed by atoms with E-state index in [1.807, 2.05) is 18.7 Å². The van der Waals surface area contributed by atoms with Gasteiger partial charge in [0.1, 0.15) is 0 Å². The smallest absolute Gasteiger partial charge is 0.0966 e. The Morgan fingerprint density at radius 2 is 2.05 bits per heavy atom. The van der Waals surface area contributed by atoms with Crippen molar-refractivity contribution in [3.63, 3.8) is 0 Å². The van der Waals surface area contributed by atoms with Gasteiger partial charge in [0.25, 0.3) is 0 Å². The number of hydrogen-bond acceptors (Lipinski definition) is 3. The number of likely N-dealkylation sites (tertiary alicyclic amines) is 1. The third kappa shape index (κ3) is 2.77. The van der Waals surface area contributed by atoms with Gasteiger partial charge in [-0.2, -0.15) is 5.10 Å². The highest BCUT2D eigenvalue weighted by atomic mass is 35.5. The van der Waals surface area contributed by atoms with Crippen molar-refractivity contribution >= 4 is 17.4 Å². The molecule has 0 spiro atoms. The topological polar surface area (TPSA) is 70.9 Å². The average Bonchev–Trinajstić information content (AvgIpc) is 2.58. The number of nitrogens with two attached hydrogens (primary N) is 1. The van der Waals surface area contributed by atoms with Crippen LogP contribution in [0.15, 0.2) is 0 Å². The normalized spacial score (nSPS) is 19.6. The fourth-order valence-electron chi connectivity index (χ4n) is 2.54. The van der Waals surface area contributed by atoms with Crippen LogP contribution in [-0.4, -0.2) is 33.6 Å². The second kappa shape index (κ2) is 5.13. The first kappa shape index (κ1) is 14.3. The summed E-state index contributed by atoms with van der Waals surface area (Å²) in [5.41, 5.74) is 7.48. The molecule has 1 fully saturated rings. The number of aromatic nitrogens is 2. The number of nitrogens with one attached hydrogen (secondary N) is 1. The molecule has 0 radical (unpaired) electrons. The summed E-state index contributed by atoms with van der Waals surface area (Å²) in [7, 11) is 1.93. The highest BCUT2D eigenvalue weighted by Gasteiger charge is 2.33. The van der Waals surface area contributed by atoms with Crippen LogP contribution < -0.4 is 5.73 Å². The fraction of sp³-hybridized carbons (Fsp3) is 0.692. The summed E-state index contributed by atoms with van der Waals surface area (Å²) in [6.45, 7) is 6.69. The van der Waals surface area contributed by atoms with Crippen molar-refractivity contribution in [1.29, 1.82) is 5.41 Å². The van der Waals surface area contributed by atoms with Crippen LogP contribution in [-0.2, 0) is 13.6 Å². The molecule has 0 bridgehead atoms. The summed E-state index contributed by atoms with van der Waals surface area (Å²) in [4.78, 5) is 2.35. The van der Waals surface area contributed by atoms with Crippen LogP contribution >= 0.6 is 11.6 Å². The predicted molar refractivity (Wildman–Crippen MR) is 77.5 cm³/mol. The zero-order valence-corrected chi connectivity index (χ0v) is 12.6. The van der Waals surface area contributed by atoms with Crippen LogP contribution in [0.1, 0.15) is 31.2 Å². The lowest BCUT2D eigenvalue weighted by atomic mass is 9.79. The lowest BCUT2D eigenvalue weighted by Crippen LogP contribution is -2.45. The molecule has 1 aromatic rings. The van der Waals surface area contributed by atoms with Crippen molar-refractivity contribution in [3.8, 4) is 0 Å². The van der Waals surface area contributed by atoms with Gasteiger partial charge >= 0.3 is 0 Å². The molecular formula is C13H22ClN5. The Morgan fingerprint density at radius 3 is 2.47 bits per heavy atom. The second-order valence-corrected chi connectivity index (χ2v) is 6.10. The predicted octanol–water partition coefficient (Wildman–Crippen LogP) is 1.92. The van der Waals surface area contributed by atoms with Gasteiger partial charge in [-0.1, -0.05) is 18.5 Å². The first-order valence-corrected chi connectivity index (χ1v) is 6.96. The van der Waals surface area contributed by atoms with E-state index in [-0.39, 0.29) is 5.41 Å². The van der Waals surface area contributed by atoms with Crippen molar-refractivity contribution in [1.82, 2.24) is 14.7 Å². The molecule has 1 aliphatic heterocycles. The first-order chi connectivity index (χ1) is 8.83. The van der Waals surface area contributed by atoms with E-state index < -0.39 is 0 Å². The van der Waals surface area contributed by atoms with Crippen LogP contribution in [0.2, 0.25) is 5.02 Å². The molecule has 6 heteroatoms. The Kier molecular flexibility index (Phi) is 3.87. The van der Waals surface area contributed by atoms with Gasteiger partial charge in [0.05, 0.1) is 22.2 Å². The molecule has 1 aromatic heterocycles. The maximum absolute atomic E-state index is 7.67. The van der Waals surface area contributed by atoms with E-state index in [1.54, 1.807) is 0 Å². The van der Waals surface area contributed by atoms with Gasteiger partial charge in [-0.3, -0.25) is 15.0 Å². The van der Waals surface area contributed by atoms with Crippen molar-refractivity contribution in [2.24, 2.45) is 18.2 Å². The Hall–Kier alpha value is -1.07. The van der Waals surface area contributed by atoms with Gasteiger partial charge in [0, 0.05) is 19.0 Å². The average molecular weight is 284 g/mol. The van der Waals surface area contributed by atoms with Crippen LogP contribution in [0.5, 0.6) is 0 Å². The largest absolute Gasteiger partial charge is 0.387 e. The van der Waals surface area contributed by atoms with Crippen molar-refractivity contribution in [2.75, 3.05) is 13.1 Å². The van der Waals surface area contributed by atoms with Crippen LogP contribution in [0.4, 0.5) is 0 Å². The summed E-state index contributed by atoms with van der Waals surface area (Å²) in [5, 5.41) is 12.8. The SMILES string of the molecule is Cc1nn(C)c(CN2CCC(C)(C(=N)N)CC2)c1Cl. The molecule has 0 amide bonds. The van der Waals surface area contributed by atoms with Gasteiger partial charge in [0.2, 0.25) is 0 Å². The molecule has 3 N–H and O–H groups in total. The van der Waals surface area contributed by atoms with Gasteiger partial charge in [0.15, 0.2) is 0 Å². The maximum atomic E-state index is 7.67. The molecule has 106 valence electrons. The first-order valence-electron chi connectivity index (χ1n) is 6.58. The third-order valence-electron chi connectivity index (χ3n) is 4.24. The molecule has 2 heterocycles. The Balaban J connectivity index is 2.02. The number of aryl methyl sites for hydroxylation is 2. The Labute approximate surface area is 119 Å². The van der Waals surface area contributed by atoms with E-state index in [4.69, 9.17) is 22.7 Å². The highest BCUT2D eigenvalue weighted by Crippen LogP contribution is 2.32. The quantitative estimate of drug-likeness (QED) is 0.658. The Bertz CT molecular complexity index is 485. The molecule has 2 rings (SSSR count). The van der Waals surface area contributed by atoms with E-state index in [2.05, 4.69) is 16.9 Å². The Morgan fingerprint density at radius 1 is 1.47 bits per heavy atom. The molecule has 0 aliphatic carbocycles. The maximum Gasteiger partial charge on any atom is 0.0966 e. The van der Waals surface area contributed by atoms with E-state index in [0.29, 0.717) is 5.84 Å². The minimum atomic E-state index is -0.136. The molecule has 1 saturated heterocycles. The molecule has 0 saturated carbocycles. The number of nitrogens with zero attached hydrogens (tertiary/aromatic N) is 3. The molecule has 1 aliphatic rings. The number of amidine groups is 1. The fourth-order valence-corrected chi connectivity index (χ4v) is 2.76. The van der Waals surface area contributed by atoms with Crippen molar-refractivity contribution in [2.45, 2.75) is 33.2 Å². The summed E-state index contributed by atoms with van der Waals surface area (Å²) in [6, 6.07) is 0. The molecular weight excluding hydrogens is 262 g/mol. The molecule has 19 heavy (non-hydrogen) atoms. The van der Waals surface area contributed by atoms with Gasteiger partial charge in [-0.05, 0) is 32.9 Å². The van der Waals surface area contributed by atoms with Crippen LogP contribution in [0.3, 0.4) is 0 Å². The van der Waals surface area contributed by atoms with E-state index in [9.17, 15) is 0 Å². The number of halogens is 1. The monoisotopic (exact) mass is 283 g/mol. The second-order valence-electron chi connectivity index (χ2n) is 5.72. The summed E-state index contributed by atoms with van der Waals surface area (Å²) in [5.74, 6) is 0.307. The van der Waals surface area contributed by atoms with E-state index >= 15 is 0 Å². The lowest BCUT2D eigenvalue weighted by Gasteiger charge is -2.38. The molecule has 0 unspecified atom stereocenters. The van der Waals surface area contributed by atoms with Gasteiger partial charge in [-0.25, -0.2) is 0 Å². The lowest BCUT2D eigenvalue weighted by molar-refractivity contribution is 0.153. The standard InChI is InChI=1S/C13H22ClN5/c1-9-11(14)10(18(3)17-9)8-19-6-4-13(2,5-7-19)12(15)16/h4-8H2,1-3H3,(H3,15,16). The molecule has 0 aromatic carbocycles. The zero-order valence-electron chi connectivity index (χ0n) is 11.8. The van der Waals surface area contributed by atoms with Gasteiger partial charge in [-0.15, -0.1) is 0 Å². The number of hydrogen-bond donors (Lipinski definition) is 2. The van der Waals surface area contributed by atoms with Crippen LogP contribution in [0.25, 0.3) is 0 Å². The molecule has 0 atom stereocenters. The van der Waals surface area contributed by atoms with Crippen molar-refractivity contribution in [3.05, 3.63) is 16.4 Å². The molecule has 5 nitrogen and oxygen atoms in total. The van der Waals surface area contributed by atoms with Gasteiger partial charge < -0.3 is 5.73 Å². The summed E-state index contributed by atoms with van der Waals surface area (Å²) < 4.78 is 1.86. The number of rotatable bonds is 3. The third-order valence-corrected chi connectivity index (χ3v) is 4.74. The summed E-state index contributed by atoms with van der Waals surface area (Å²) >= 11 is 6.28. The summed E-state index contributed by atoms with van der Waals surface area (Å²) in [6.07, 6.45) is 1.85. The minimum Gasteiger partial charge on any atom is -0.387 e. The minimum absolute atomic E-state index is 0.136. The van der Waals surface area contributed by atoms with E-state index in [1.165, 1.54) is 0 Å². The zero-order chi connectivity index (χ0) is 14.2. The highest BCUT2D eigenvalue weighted by molar-refractivity contribution is 6.31. The van der Waals surface area contributed by atoms with Crippen molar-refractivity contribution < 1.29 is 0 Å².